The first-order chi connectivity index (χ1) is 42.5. The number of aromatic hydroxyl groups is 1. The van der Waals surface area contributed by atoms with E-state index in [1.807, 2.05) is 13.8 Å². The number of ketones is 5. The number of primary amides is 2. The van der Waals surface area contributed by atoms with Gasteiger partial charge in [0.2, 0.25) is 35.4 Å². The molecular formula is C61H94N16O13. The number of amides is 6. The summed E-state index contributed by atoms with van der Waals surface area (Å²) in [4.78, 5) is 174. The highest BCUT2D eigenvalue weighted by molar-refractivity contribution is 5.99. The van der Waals surface area contributed by atoms with E-state index >= 15 is 0 Å². The number of carbonyl (C=O) groups excluding carboxylic acids is 11. The van der Waals surface area contributed by atoms with Crippen LogP contribution in [0.3, 0.4) is 0 Å². The molecule has 29 heteroatoms. The standard InChI is InChI=1S/C61H94N16O13/c1-7-34(4)54(52(84)22-39(55(63)86)20-43-28-68-31-72-43)77-58(89)41(19-37-12-14-45(79)15-13-37)24-50(82)47(27-53(62)85)76-56(87)38(11-9-17-71-61(66)67)21-49(81)36(6)74-59(90)42(30-78)25-51(83)46(26-44-29-69-32-73-44)75-57(88)40(18-33(2)3)23-48(80)35(5)10-8-16-70-60(64)65/h12-15,28-29,31-36,38-42,46-47,54,78-79H,7-11,16-27,30H2,1-6H3,(H2,62,85)(H2,63,86)(H,68,72)(H,69,73)(H,74,90)(H,75,88)(H,76,87)(H,77,89)(H4,64,65,70)(H4,66,67,71)/t34-,35-,36-,38+,39+,40+,41+,42-,46-,47-,54-/m0/s1. The number of hydrogen-bond donors (Lipinski definition) is 14. The summed E-state index contributed by atoms with van der Waals surface area (Å²) in [7, 11) is 0. The molecule has 3 rings (SSSR count). The Morgan fingerprint density at radius 2 is 1.04 bits per heavy atom. The zero-order valence-electron chi connectivity index (χ0n) is 52.4. The number of hydrogen-bond acceptors (Lipinski definition) is 17. The molecule has 2 heterocycles. The number of aromatic nitrogens is 4. The summed E-state index contributed by atoms with van der Waals surface area (Å²) in [6, 6.07) is 0.385. The summed E-state index contributed by atoms with van der Waals surface area (Å²) < 4.78 is 0. The van der Waals surface area contributed by atoms with Gasteiger partial charge in [-0.05, 0) is 75.0 Å². The Morgan fingerprint density at radius 3 is 1.58 bits per heavy atom. The maximum absolute atomic E-state index is 14.5. The Labute approximate surface area is 524 Å². The number of phenolic OH excluding ortho intramolecular Hbond substituents is 1. The SMILES string of the molecule is CC[C@H](C)[C@H](NC(=O)[C@@H](CC(=O)[C@H](CC(N)=O)NC(=O)[C@H](CCCN=C(N)N)CC(=O)[C@H](C)NC(=O)[C@H](CO)CC(=O)[C@H](Cc1cnc[nH]1)NC(=O)[C@@H](CC(=O)[C@@H](C)CCCN=C(N)N)CC(C)C)Cc1ccc(O)cc1)C(=O)C[C@@H](Cc1cnc[nH]1)C(N)=O. The van der Waals surface area contributed by atoms with Crippen molar-refractivity contribution in [3.63, 3.8) is 0 Å². The van der Waals surface area contributed by atoms with Crippen LogP contribution in [0.2, 0.25) is 0 Å². The van der Waals surface area contributed by atoms with Gasteiger partial charge in [0.25, 0.3) is 0 Å². The van der Waals surface area contributed by atoms with Crippen molar-refractivity contribution in [1.82, 2.24) is 41.2 Å². The van der Waals surface area contributed by atoms with Crippen LogP contribution in [0.25, 0.3) is 0 Å². The number of nitrogens with one attached hydrogen (secondary N) is 6. The lowest BCUT2D eigenvalue weighted by Crippen LogP contribution is -2.50. The number of rotatable bonds is 45. The first-order valence-electron chi connectivity index (χ1n) is 30.4. The molecule has 0 radical (unpaired) electrons. The maximum atomic E-state index is 14.5. The van der Waals surface area contributed by atoms with Crippen molar-refractivity contribution in [3.8, 4) is 5.75 Å². The number of phenols is 1. The minimum atomic E-state index is -1.65. The highest BCUT2D eigenvalue weighted by Gasteiger charge is 2.37. The number of benzene rings is 1. The van der Waals surface area contributed by atoms with Gasteiger partial charge in [-0.25, -0.2) is 9.97 Å². The number of nitrogens with zero attached hydrogens (tertiary/aromatic N) is 4. The molecule has 3 aromatic rings. The van der Waals surface area contributed by atoms with E-state index in [2.05, 4.69) is 51.2 Å². The third kappa shape index (κ3) is 27.2. The molecule has 0 aliphatic rings. The van der Waals surface area contributed by atoms with Crippen LogP contribution in [0.4, 0.5) is 0 Å². The van der Waals surface area contributed by atoms with Crippen molar-refractivity contribution in [2.45, 2.75) is 162 Å². The lowest BCUT2D eigenvalue weighted by molar-refractivity contribution is -0.137. The predicted octanol–water partition coefficient (Wildman–Crippen LogP) is -0.109. The minimum absolute atomic E-state index is 0.00437. The van der Waals surface area contributed by atoms with Crippen molar-refractivity contribution < 1.29 is 63.0 Å². The zero-order chi connectivity index (χ0) is 67.2. The molecular weight excluding hydrogens is 1160 g/mol. The third-order valence-corrected chi connectivity index (χ3v) is 15.7. The Bertz CT molecular complexity index is 2910. The Balaban J connectivity index is 1.86. The highest BCUT2D eigenvalue weighted by Crippen LogP contribution is 2.25. The zero-order valence-corrected chi connectivity index (χ0v) is 52.4. The van der Waals surface area contributed by atoms with Gasteiger partial charge in [0.1, 0.15) is 11.5 Å². The molecule has 0 aliphatic heterocycles. The number of aromatic amines is 2. The summed E-state index contributed by atoms with van der Waals surface area (Å²) >= 11 is 0. The number of aliphatic hydroxyl groups excluding tert-OH is 1. The van der Waals surface area contributed by atoms with E-state index in [1.165, 1.54) is 56.2 Å². The van der Waals surface area contributed by atoms with Crippen molar-refractivity contribution in [2.24, 2.45) is 91.7 Å². The van der Waals surface area contributed by atoms with Gasteiger partial charge in [-0.15, -0.1) is 0 Å². The first-order valence-corrected chi connectivity index (χ1v) is 30.4. The van der Waals surface area contributed by atoms with Gasteiger partial charge in [0.05, 0.1) is 61.7 Å². The van der Waals surface area contributed by atoms with Gasteiger partial charge in [0, 0.05) is 105 Å². The second kappa shape index (κ2) is 38.5. The van der Waals surface area contributed by atoms with Crippen LogP contribution < -0.4 is 55.7 Å². The van der Waals surface area contributed by atoms with E-state index in [-0.39, 0.29) is 80.9 Å². The number of carbonyl (C=O) groups is 11. The number of aliphatic imine (C=N–C) groups is 2. The summed E-state index contributed by atoms with van der Waals surface area (Å²) in [6.07, 6.45) is 4.36. The highest BCUT2D eigenvalue weighted by atomic mass is 16.3. The summed E-state index contributed by atoms with van der Waals surface area (Å²) in [5.41, 5.74) is 34.7. The Morgan fingerprint density at radius 1 is 0.544 bits per heavy atom. The lowest BCUT2D eigenvalue weighted by atomic mass is 9.86. The number of Topliss-reactive ketones (excluding diaryl/α,β-unsaturated/α-hetero) is 5. The van der Waals surface area contributed by atoms with Gasteiger partial charge in [-0.2, -0.15) is 0 Å². The van der Waals surface area contributed by atoms with Gasteiger partial charge < -0.3 is 75.9 Å². The van der Waals surface area contributed by atoms with Crippen LogP contribution in [0.15, 0.2) is 59.3 Å². The van der Waals surface area contributed by atoms with E-state index in [4.69, 9.17) is 34.4 Å². The molecule has 0 saturated carbocycles. The number of nitrogens with two attached hydrogens (primary N) is 6. The molecule has 0 spiro atoms. The molecule has 496 valence electrons. The summed E-state index contributed by atoms with van der Waals surface area (Å²) in [5, 5.41) is 31.2. The van der Waals surface area contributed by atoms with Crippen LogP contribution >= 0.6 is 0 Å². The van der Waals surface area contributed by atoms with Crippen LogP contribution in [-0.2, 0) is 72.0 Å². The summed E-state index contributed by atoms with van der Waals surface area (Å²) in [6.45, 7) is 9.85. The molecule has 6 amide bonds. The second-order valence-corrected chi connectivity index (χ2v) is 23.7. The fraction of sp³-hybridized carbons (Fsp3) is 0.590. The molecule has 0 aliphatic carbocycles. The normalized spacial score (nSPS) is 14.9. The van der Waals surface area contributed by atoms with E-state index in [1.54, 1.807) is 20.8 Å². The van der Waals surface area contributed by atoms with E-state index < -0.39 is 156 Å². The second-order valence-electron chi connectivity index (χ2n) is 23.7. The molecule has 2 aromatic heterocycles. The molecule has 0 fully saturated rings. The van der Waals surface area contributed by atoms with Crippen LogP contribution in [0, 0.1) is 47.3 Å². The van der Waals surface area contributed by atoms with Crippen LogP contribution in [-0.4, -0.2) is 150 Å². The number of imidazole rings is 2. The number of aliphatic hydroxyl groups is 1. The number of H-pyrrole nitrogens is 2. The van der Waals surface area contributed by atoms with E-state index in [9.17, 15) is 63.0 Å². The molecule has 90 heavy (non-hydrogen) atoms. The Kier molecular flexibility index (Phi) is 32.2. The molecule has 29 nitrogen and oxygen atoms in total. The molecule has 20 N–H and O–H groups in total. The van der Waals surface area contributed by atoms with Crippen molar-refractivity contribution in [3.05, 3.63) is 66.3 Å². The average Bonchev–Trinajstić information content (AvgIpc) is 2.92. The fourth-order valence-corrected chi connectivity index (χ4v) is 10.2. The van der Waals surface area contributed by atoms with Crippen LogP contribution in [0.5, 0.6) is 5.75 Å². The largest absolute Gasteiger partial charge is 0.508 e. The monoisotopic (exact) mass is 1260 g/mol. The van der Waals surface area contributed by atoms with Crippen LogP contribution in [0.1, 0.15) is 136 Å². The molecule has 0 saturated heterocycles. The Hall–Kier alpha value is -8.89. The smallest absolute Gasteiger partial charge is 0.226 e. The fourth-order valence-electron chi connectivity index (χ4n) is 10.2. The third-order valence-electron chi connectivity index (χ3n) is 15.7. The summed E-state index contributed by atoms with van der Waals surface area (Å²) in [5.74, 6) is -14.8. The molecule has 11 atom stereocenters. The quantitative estimate of drug-likeness (QED) is 0.0199. The van der Waals surface area contributed by atoms with Crippen molar-refractivity contribution >= 4 is 76.3 Å². The van der Waals surface area contributed by atoms with Gasteiger partial charge in [-0.3, -0.25) is 62.7 Å². The predicted molar refractivity (Wildman–Crippen MR) is 333 cm³/mol. The number of guanidine groups is 2. The lowest BCUT2D eigenvalue weighted by Gasteiger charge is -2.28. The first kappa shape index (κ1) is 75.4. The van der Waals surface area contributed by atoms with Crippen molar-refractivity contribution in [2.75, 3.05) is 19.7 Å². The molecule has 0 bridgehead atoms. The van der Waals surface area contributed by atoms with Crippen molar-refractivity contribution in [1.29, 1.82) is 0 Å². The average molecular weight is 1260 g/mol. The van der Waals surface area contributed by atoms with E-state index in [0.29, 0.717) is 49.2 Å². The van der Waals surface area contributed by atoms with Gasteiger partial charge in [-0.1, -0.05) is 53.2 Å². The van der Waals surface area contributed by atoms with Gasteiger partial charge in [0.15, 0.2) is 35.1 Å². The molecule has 1 aromatic carbocycles. The minimum Gasteiger partial charge on any atom is -0.508 e. The maximum Gasteiger partial charge on any atom is 0.226 e. The molecule has 0 unspecified atom stereocenters. The van der Waals surface area contributed by atoms with Gasteiger partial charge >= 0.3 is 0 Å². The topological polar surface area (TPSA) is 515 Å². The van der Waals surface area contributed by atoms with E-state index in [0.717, 1.165) is 0 Å².